The zero-order valence-corrected chi connectivity index (χ0v) is 15.5. The SMILES string of the molecule is O=C(O)C(=O)O.O=C(O)C(=O)O.O=C(O)C(=O)O.[Nd].[Nd]. The number of hydrogen-bond acceptors (Lipinski definition) is 6. The van der Waals surface area contributed by atoms with Gasteiger partial charge in [-0.2, -0.15) is 0 Å². The van der Waals surface area contributed by atoms with Crippen molar-refractivity contribution >= 4 is 35.8 Å². The first-order valence-corrected chi connectivity index (χ1v) is 3.32. The number of carboxylic acid groups (broad SMARTS) is 6. The van der Waals surface area contributed by atoms with Gasteiger partial charge in [0.15, 0.2) is 0 Å². The van der Waals surface area contributed by atoms with Crippen LogP contribution in [0.25, 0.3) is 0 Å². The van der Waals surface area contributed by atoms with E-state index in [0.29, 0.717) is 0 Å². The third kappa shape index (κ3) is 36.0. The molecule has 12 nitrogen and oxygen atoms in total. The smallest absolute Gasteiger partial charge is 0.414 e. The molecule has 0 aliphatic rings. The molecule has 0 aromatic carbocycles. The van der Waals surface area contributed by atoms with Crippen LogP contribution in [0.4, 0.5) is 0 Å². The number of carboxylic acids is 6. The van der Waals surface area contributed by atoms with Crippen molar-refractivity contribution in [3.63, 3.8) is 0 Å². The van der Waals surface area contributed by atoms with Gasteiger partial charge in [-0.3, -0.25) is 0 Å². The molecule has 0 atom stereocenters. The summed E-state index contributed by atoms with van der Waals surface area (Å²) in [5, 5.41) is 44.3. The molecule has 0 bridgehead atoms. The van der Waals surface area contributed by atoms with E-state index in [1.54, 1.807) is 0 Å². The average molecular weight is 559 g/mol. The van der Waals surface area contributed by atoms with Gasteiger partial charge in [-0.05, 0) is 0 Å². The van der Waals surface area contributed by atoms with Gasteiger partial charge in [0, 0.05) is 81.7 Å². The first-order valence-electron chi connectivity index (χ1n) is 3.32. The van der Waals surface area contributed by atoms with Gasteiger partial charge in [-0.1, -0.05) is 0 Å². The molecule has 0 rings (SSSR count). The Labute approximate surface area is 174 Å². The van der Waals surface area contributed by atoms with Crippen molar-refractivity contribution in [3.05, 3.63) is 0 Å². The normalized spacial score (nSPS) is 6.60. The van der Waals surface area contributed by atoms with Crippen molar-refractivity contribution in [2.75, 3.05) is 0 Å². The summed E-state index contributed by atoms with van der Waals surface area (Å²) in [6.45, 7) is 0. The molecular formula is C6H6Nd2O12. The molecule has 0 saturated heterocycles. The molecule has 0 saturated carbocycles. The standard InChI is InChI=1S/3C2H2O4.2Nd/c3*3-1(4)2(5)6;;/h3*(H,3,4)(H,5,6);;. The first-order chi connectivity index (χ1) is 7.93. The van der Waals surface area contributed by atoms with E-state index in [1.807, 2.05) is 0 Å². The van der Waals surface area contributed by atoms with Crippen LogP contribution in [0.5, 0.6) is 0 Å². The molecule has 0 heterocycles. The van der Waals surface area contributed by atoms with E-state index in [4.69, 9.17) is 59.4 Å². The fourth-order valence-corrected chi connectivity index (χ4v) is 0. The van der Waals surface area contributed by atoms with Crippen LogP contribution in [0.3, 0.4) is 0 Å². The largest absolute Gasteiger partial charge is 0.473 e. The second kappa shape index (κ2) is 18.5. The van der Waals surface area contributed by atoms with Gasteiger partial charge in [0.05, 0.1) is 0 Å². The van der Waals surface area contributed by atoms with Crippen molar-refractivity contribution < 1.29 is 141 Å². The molecule has 6 N–H and O–H groups in total. The van der Waals surface area contributed by atoms with Gasteiger partial charge in [0.1, 0.15) is 0 Å². The van der Waals surface area contributed by atoms with Crippen molar-refractivity contribution in [2.24, 2.45) is 0 Å². The van der Waals surface area contributed by atoms with Crippen LogP contribution in [0, 0.1) is 81.7 Å². The number of rotatable bonds is 0. The summed E-state index contributed by atoms with van der Waals surface area (Å²) in [7, 11) is 0. The maximum atomic E-state index is 9.10. The summed E-state index contributed by atoms with van der Waals surface area (Å²) in [5.74, 6) is -10.9. The molecule has 0 unspecified atom stereocenters. The van der Waals surface area contributed by atoms with Gasteiger partial charge in [0.25, 0.3) is 0 Å². The van der Waals surface area contributed by atoms with E-state index in [2.05, 4.69) is 0 Å². The van der Waals surface area contributed by atoms with Gasteiger partial charge < -0.3 is 30.6 Å². The zero-order valence-electron chi connectivity index (χ0n) is 9.13. The summed E-state index contributed by atoms with van der Waals surface area (Å²) in [6, 6.07) is 0. The predicted molar refractivity (Wildman–Crippen MR) is 45.8 cm³/mol. The predicted octanol–water partition coefficient (Wildman–Crippen LogP) is -2.53. The maximum Gasteiger partial charge on any atom is 0.414 e. The van der Waals surface area contributed by atoms with E-state index in [9.17, 15) is 0 Å². The van der Waals surface area contributed by atoms with Crippen LogP contribution in [0.2, 0.25) is 0 Å². The fraction of sp³-hybridized carbons (Fsp3) is 0. The molecular weight excluding hydrogens is 553 g/mol. The summed E-state index contributed by atoms with van der Waals surface area (Å²) in [4.78, 5) is 54.6. The molecule has 110 valence electrons. The molecule has 0 aromatic rings. The van der Waals surface area contributed by atoms with Crippen LogP contribution in [-0.4, -0.2) is 66.5 Å². The second-order valence-electron chi connectivity index (χ2n) is 1.83. The van der Waals surface area contributed by atoms with Crippen LogP contribution in [0.15, 0.2) is 0 Å². The second-order valence-corrected chi connectivity index (χ2v) is 1.83. The number of aliphatic carboxylic acids is 6. The molecule has 0 aliphatic heterocycles. The molecule has 0 radical (unpaired) electrons. The molecule has 0 fully saturated rings. The Morgan fingerprint density at radius 1 is 0.350 bits per heavy atom. The Kier molecular flexibility index (Phi) is 29.4. The van der Waals surface area contributed by atoms with Crippen molar-refractivity contribution in [3.8, 4) is 0 Å². The Morgan fingerprint density at radius 3 is 0.400 bits per heavy atom. The molecule has 14 heteroatoms. The average Bonchev–Trinajstić information content (AvgIpc) is 2.18. The van der Waals surface area contributed by atoms with Gasteiger partial charge >= 0.3 is 35.8 Å². The summed E-state index contributed by atoms with van der Waals surface area (Å²) in [5.41, 5.74) is 0. The Bertz CT molecular complexity index is 281. The van der Waals surface area contributed by atoms with Gasteiger partial charge in [-0.15, -0.1) is 0 Å². The van der Waals surface area contributed by atoms with Gasteiger partial charge in [0.2, 0.25) is 0 Å². The zero-order chi connectivity index (χ0) is 15.5. The topological polar surface area (TPSA) is 224 Å². The Balaban J connectivity index is -0.0000000536. The van der Waals surface area contributed by atoms with Crippen molar-refractivity contribution in [2.45, 2.75) is 0 Å². The first kappa shape index (κ1) is 31.8. The van der Waals surface area contributed by atoms with Crippen LogP contribution in [0.1, 0.15) is 0 Å². The minimum Gasteiger partial charge on any atom is -0.473 e. The third-order valence-corrected chi connectivity index (χ3v) is 0.549. The quantitative estimate of drug-likeness (QED) is 0.169. The fourth-order valence-electron chi connectivity index (χ4n) is 0. The van der Waals surface area contributed by atoms with E-state index in [0.717, 1.165) is 0 Å². The molecule has 0 aromatic heterocycles. The molecule has 0 amide bonds. The number of carbonyl (C=O) groups is 6. The minimum absolute atomic E-state index is 0. The Hall–Kier alpha value is -0.479. The van der Waals surface area contributed by atoms with E-state index in [-0.39, 0.29) is 81.7 Å². The van der Waals surface area contributed by atoms with Gasteiger partial charge in [-0.25, -0.2) is 28.8 Å². The third-order valence-electron chi connectivity index (χ3n) is 0.549. The summed E-state index contributed by atoms with van der Waals surface area (Å²) < 4.78 is 0. The van der Waals surface area contributed by atoms with E-state index in [1.165, 1.54) is 0 Å². The summed E-state index contributed by atoms with van der Waals surface area (Å²) in [6.07, 6.45) is 0. The van der Waals surface area contributed by atoms with E-state index < -0.39 is 35.8 Å². The number of hydrogen-bond donors (Lipinski definition) is 6. The van der Waals surface area contributed by atoms with Crippen molar-refractivity contribution in [1.29, 1.82) is 0 Å². The van der Waals surface area contributed by atoms with Crippen LogP contribution in [-0.2, 0) is 28.8 Å². The maximum absolute atomic E-state index is 9.10. The van der Waals surface area contributed by atoms with Crippen LogP contribution < -0.4 is 0 Å². The molecule has 20 heavy (non-hydrogen) atoms. The minimum atomic E-state index is -1.82. The summed E-state index contributed by atoms with van der Waals surface area (Å²) >= 11 is 0. The Morgan fingerprint density at radius 2 is 0.400 bits per heavy atom. The van der Waals surface area contributed by atoms with E-state index >= 15 is 0 Å². The monoisotopic (exact) mass is 554 g/mol. The van der Waals surface area contributed by atoms with Crippen LogP contribution >= 0.6 is 0 Å². The molecule has 0 spiro atoms. The van der Waals surface area contributed by atoms with Crippen molar-refractivity contribution in [1.82, 2.24) is 0 Å². The molecule has 0 aliphatic carbocycles.